The van der Waals surface area contributed by atoms with Crippen molar-refractivity contribution in [3.63, 3.8) is 0 Å². The van der Waals surface area contributed by atoms with Gasteiger partial charge in [0.05, 0.1) is 9.92 Å². The molecule has 140 valence electrons. The molecule has 0 bridgehead atoms. The normalized spacial score (nSPS) is 12.9. The fourth-order valence-corrected chi connectivity index (χ4v) is 3.84. The highest BCUT2D eigenvalue weighted by molar-refractivity contribution is 7.89. The molecule has 0 aliphatic rings. The first-order chi connectivity index (χ1) is 12.0. The van der Waals surface area contributed by atoms with Crippen molar-refractivity contribution in [2.45, 2.75) is 24.8 Å². The van der Waals surface area contributed by atoms with E-state index in [0.717, 1.165) is 0 Å². The van der Waals surface area contributed by atoms with Crippen molar-refractivity contribution in [3.05, 3.63) is 29.4 Å². The first kappa shape index (κ1) is 19.9. The molecule has 2 rings (SSSR count). The number of aromatic nitrogens is 1. The number of aliphatic carboxylic acids is 1. The Kier molecular flexibility index (Phi) is 5.69. The second kappa shape index (κ2) is 7.44. The number of carboxylic acid groups (broad SMARTS) is 1. The standard InChI is InChI=1S/C15H18ClN5O4S/c1-7(2)12(14(22)23)21-26(24,25)8-3-4-9-10(5-8)13(20-15(17)18)19-6-11(9)16/h3-7,12,21H,1-2H3,(H,22,23)(H4,17,18,19,20)/t12-/m1/s1. The number of rotatable bonds is 6. The smallest absolute Gasteiger partial charge is 0.322 e. The van der Waals surface area contributed by atoms with Crippen molar-refractivity contribution in [1.82, 2.24) is 9.71 Å². The summed E-state index contributed by atoms with van der Waals surface area (Å²) in [6, 6.07) is 2.81. The molecule has 6 N–H and O–H groups in total. The number of hydrogen-bond acceptors (Lipinski definition) is 5. The molecule has 0 aliphatic heterocycles. The SMILES string of the molecule is CC(C)[C@@H](NS(=O)(=O)c1ccc2c(Cl)cnc(N=C(N)N)c2c1)C(=O)O. The summed E-state index contributed by atoms with van der Waals surface area (Å²) in [5.41, 5.74) is 10.7. The largest absolute Gasteiger partial charge is 0.480 e. The van der Waals surface area contributed by atoms with E-state index in [0.29, 0.717) is 10.8 Å². The lowest BCUT2D eigenvalue weighted by atomic mass is 10.1. The monoisotopic (exact) mass is 399 g/mol. The van der Waals surface area contributed by atoms with Crippen molar-refractivity contribution in [2.24, 2.45) is 22.4 Å². The summed E-state index contributed by atoms with van der Waals surface area (Å²) >= 11 is 6.08. The molecular weight excluding hydrogens is 382 g/mol. The summed E-state index contributed by atoms with van der Waals surface area (Å²) < 4.78 is 27.4. The highest BCUT2D eigenvalue weighted by atomic mass is 35.5. The fourth-order valence-electron chi connectivity index (χ4n) is 2.26. The van der Waals surface area contributed by atoms with Crippen LogP contribution in [0.15, 0.2) is 34.3 Å². The Morgan fingerprint density at radius 3 is 2.50 bits per heavy atom. The van der Waals surface area contributed by atoms with E-state index in [1.165, 1.54) is 24.4 Å². The van der Waals surface area contributed by atoms with Crippen LogP contribution in [0.4, 0.5) is 5.82 Å². The summed E-state index contributed by atoms with van der Waals surface area (Å²) in [5.74, 6) is -1.87. The van der Waals surface area contributed by atoms with Gasteiger partial charge in [-0.1, -0.05) is 31.5 Å². The Morgan fingerprint density at radius 1 is 1.31 bits per heavy atom. The van der Waals surface area contributed by atoms with Gasteiger partial charge in [-0.05, 0) is 18.1 Å². The third-order valence-electron chi connectivity index (χ3n) is 3.55. The van der Waals surface area contributed by atoms with Gasteiger partial charge in [0, 0.05) is 17.0 Å². The number of fused-ring (bicyclic) bond motifs is 1. The van der Waals surface area contributed by atoms with E-state index in [1.54, 1.807) is 13.8 Å². The van der Waals surface area contributed by atoms with Crippen molar-refractivity contribution < 1.29 is 18.3 Å². The zero-order chi connectivity index (χ0) is 19.6. The summed E-state index contributed by atoms with van der Waals surface area (Å²) in [7, 11) is -4.11. The molecular formula is C15H18ClN5O4S. The van der Waals surface area contributed by atoms with E-state index in [2.05, 4.69) is 14.7 Å². The number of carbonyl (C=O) groups is 1. The molecule has 0 saturated carbocycles. The zero-order valence-corrected chi connectivity index (χ0v) is 15.5. The summed E-state index contributed by atoms with van der Waals surface area (Å²) in [6.07, 6.45) is 1.34. The minimum absolute atomic E-state index is 0.0973. The Hall–Kier alpha value is -2.43. The summed E-state index contributed by atoms with van der Waals surface area (Å²) in [6.45, 7) is 3.20. The molecule has 1 heterocycles. The van der Waals surface area contributed by atoms with E-state index >= 15 is 0 Å². The first-order valence-electron chi connectivity index (χ1n) is 7.46. The highest BCUT2D eigenvalue weighted by Gasteiger charge is 2.28. The van der Waals surface area contributed by atoms with Crippen LogP contribution in [0, 0.1) is 5.92 Å². The molecule has 0 spiro atoms. The van der Waals surface area contributed by atoms with E-state index in [4.69, 9.17) is 23.1 Å². The van der Waals surface area contributed by atoms with Crippen molar-refractivity contribution in [1.29, 1.82) is 0 Å². The van der Waals surface area contributed by atoms with Gasteiger partial charge in [0.1, 0.15) is 6.04 Å². The number of pyridine rings is 1. The van der Waals surface area contributed by atoms with Crippen LogP contribution in [0.25, 0.3) is 10.8 Å². The van der Waals surface area contributed by atoms with Gasteiger partial charge in [-0.3, -0.25) is 4.79 Å². The number of benzene rings is 1. The number of guanidine groups is 1. The van der Waals surface area contributed by atoms with E-state index in [1.807, 2.05) is 0 Å². The molecule has 0 fully saturated rings. The number of nitrogens with zero attached hydrogens (tertiary/aromatic N) is 2. The summed E-state index contributed by atoms with van der Waals surface area (Å²) in [5, 5.41) is 10.3. The Bertz CT molecular complexity index is 987. The average Bonchev–Trinajstić information content (AvgIpc) is 2.54. The highest BCUT2D eigenvalue weighted by Crippen LogP contribution is 2.31. The molecule has 9 nitrogen and oxygen atoms in total. The van der Waals surface area contributed by atoms with Gasteiger partial charge in [0.15, 0.2) is 11.8 Å². The second-order valence-corrected chi connectivity index (χ2v) is 7.98. The van der Waals surface area contributed by atoms with E-state index < -0.39 is 28.0 Å². The third kappa shape index (κ3) is 4.21. The average molecular weight is 400 g/mol. The van der Waals surface area contributed by atoms with Crippen LogP contribution in [-0.4, -0.2) is 36.5 Å². The maximum atomic E-state index is 12.6. The van der Waals surface area contributed by atoms with Crippen LogP contribution < -0.4 is 16.2 Å². The third-order valence-corrected chi connectivity index (χ3v) is 5.29. The van der Waals surface area contributed by atoms with Crippen molar-refractivity contribution >= 4 is 50.1 Å². The van der Waals surface area contributed by atoms with Gasteiger partial charge in [-0.25, -0.2) is 13.4 Å². The molecule has 1 aromatic heterocycles. The van der Waals surface area contributed by atoms with Crippen LogP contribution in [0.2, 0.25) is 5.02 Å². The van der Waals surface area contributed by atoms with Gasteiger partial charge < -0.3 is 16.6 Å². The number of aliphatic imine (C=N–C) groups is 1. The molecule has 0 saturated heterocycles. The van der Waals surface area contributed by atoms with Gasteiger partial charge in [0.2, 0.25) is 10.0 Å². The van der Waals surface area contributed by atoms with Gasteiger partial charge >= 0.3 is 5.97 Å². The molecule has 0 unspecified atom stereocenters. The minimum Gasteiger partial charge on any atom is -0.480 e. The first-order valence-corrected chi connectivity index (χ1v) is 9.32. The maximum absolute atomic E-state index is 12.6. The number of nitrogens with one attached hydrogen (secondary N) is 1. The summed E-state index contributed by atoms with van der Waals surface area (Å²) in [4.78, 5) is 19.0. The van der Waals surface area contributed by atoms with Crippen LogP contribution in [0.1, 0.15) is 13.8 Å². The van der Waals surface area contributed by atoms with Crippen LogP contribution >= 0.6 is 11.6 Å². The lowest BCUT2D eigenvalue weighted by Gasteiger charge is -2.18. The topological polar surface area (TPSA) is 161 Å². The number of sulfonamides is 1. The van der Waals surface area contributed by atoms with E-state index in [9.17, 15) is 18.3 Å². The predicted octanol–water partition coefficient (Wildman–Crippen LogP) is 1.18. The van der Waals surface area contributed by atoms with Gasteiger partial charge in [-0.2, -0.15) is 9.71 Å². The Morgan fingerprint density at radius 2 is 1.96 bits per heavy atom. The zero-order valence-electron chi connectivity index (χ0n) is 14.0. The number of hydrogen-bond donors (Lipinski definition) is 4. The minimum atomic E-state index is -4.11. The molecule has 1 atom stereocenters. The van der Waals surface area contributed by atoms with Crippen molar-refractivity contribution in [2.75, 3.05) is 0 Å². The fraction of sp³-hybridized carbons (Fsp3) is 0.267. The number of halogens is 1. The van der Waals surface area contributed by atoms with Gasteiger partial charge in [0.25, 0.3) is 0 Å². The lowest BCUT2D eigenvalue weighted by Crippen LogP contribution is -2.44. The quantitative estimate of drug-likeness (QED) is 0.418. The molecule has 0 amide bonds. The van der Waals surface area contributed by atoms with Crippen LogP contribution in [0.3, 0.4) is 0 Å². The van der Waals surface area contributed by atoms with E-state index in [-0.39, 0.29) is 21.7 Å². The number of carboxylic acids is 1. The van der Waals surface area contributed by atoms with Gasteiger partial charge in [-0.15, -0.1) is 0 Å². The van der Waals surface area contributed by atoms with Crippen molar-refractivity contribution in [3.8, 4) is 0 Å². The Labute approximate surface area is 155 Å². The molecule has 0 aliphatic carbocycles. The lowest BCUT2D eigenvalue weighted by molar-refractivity contribution is -0.140. The molecule has 2 aromatic rings. The molecule has 11 heteroatoms. The number of nitrogens with two attached hydrogens (primary N) is 2. The van der Waals surface area contributed by atoms with Crippen LogP contribution in [0.5, 0.6) is 0 Å². The molecule has 26 heavy (non-hydrogen) atoms. The molecule has 1 aromatic carbocycles. The van der Waals surface area contributed by atoms with Crippen LogP contribution in [-0.2, 0) is 14.8 Å². The molecule has 0 radical (unpaired) electrons. The predicted molar refractivity (Wildman–Crippen MR) is 98.8 cm³/mol. The maximum Gasteiger partial charge on any atom is 0.322 e. The second-order valence-electron chi connectivity index (χ2n) is 5.86. The Balaban J connectivity index is 2.60.